The number of hydrogen-bond donors (Lipinski definition) is 2. The monoisotopic (exact) mass is 408 g/mol. The lowest BCUT2D eigenvalue weighted by molar-refractivity contribution is -0.125. The molecule has 4 rings (SSSR count). The van der Waals surface area contributed by atoms with E-state index in [4.69, 9.17) is 4.74 Å². The first-order chi connectivity index (χ1) is 14.5. The molecule has 1 fully saturated rings. The highest BCUT2D eigenvalue weighted by Gasteiger charge is 2.27. The summed E-state index contributed by atoms with van der Waals surface area (Å²) in [4.78, 5) is 34.8. The molecule has 0 radical (unpaired) electrons. The van der Waals surface area contributed by atoms with E-state index in [1.54, 1.807) is 11.0 Å². The van der Waals surface area contributed by atoms with Gasteiger partial charge in [0.2, 0.25) is 11.8 Å². The summed E-state index contributed by atoms with van der Waals surface area (Å²) in [6, 6.07) is 9.61. The van der Waals surface area contributed by atoms with Crippen LogP contribution in [0.1, 0.15) is 6.42 Å². The first kappa shape index (κ1) is 19.8. The molecule has 9 heteroatoms. The maximum absolute atomic E-state index is 12.4. The van der Waals surface area contributed by atoms with Crippen molar-refractivity contribution in [3.8, 4) is 17.4 Å². The number of pyridine rings is 1. The lowest BCUT2D eigenvalue weighted by atomic mass is 10.1. The fourth-order valence-electron chi connectivity index (χ4n) is 3.42. The van der Waals surface area contributed by atoms with E-state index in [2.05, 4.69) is 20.2 Å². The number of ether oxygens (including phenoxy) is 1. The SMILES string of the molecule is CN(C)CC=CC(=O)N1CC[C@H](Oc2nc(-c3n[nH]c(=O)[nH]3)cc3ccccc23)C1. The molecule has 1 saturated heterocycles. The van der Waals surface area contributed by atoms with E-state index in [-0.39, 0.29) is 12.0 Å². The number of benzene rings is 1. The molecule has 0 aliphatic carbocycles. The summed E-state index contributed by atoms with van der Waals surface area (Å²) in [6.07, 6.45) is 4.05. The van der Waals surface area contributed by atoms with Crippen molar-refractivity contribution < 1.29 is 9.53 Å². The molecule has 1 atom stereocenters. The van der Waals surface area contributed by atoms with Gasteiger partial charge in [0.1, 0.15) is 11.8 Å². The van der Waals surface area contributed by atoms with Crippen LogP contribution in [0, 0.1) is 0 Å². The largest absolute Gasteiger partial charge is 0.472 e. The van der Waals surface area contributed by atoms with Crippen molar-refractivity contribution in [3.63, 3.8) is 0 Å². The maximum atomic E-state index is 12.4. The molecule has 1 aromatic carbocycles. The van der Waals surface area contributed by atoms with Gasteiger partial charge in [-0.3, -0.25) is 9.78 Å². The van der Waals surface area contributed by atoms with E-state index in [1.165, 1.54) is 0 Å². The van der Waals surface area contributed by atoms with Gasteiger partial charge in [-0.2, -0.15) is 5.10 Å². The van der Waals surface area contributed by atoms with Crippen LogP contribution in [0.4, 0.5) is 0 Å². The highest BCUT2D eigenvalue weighted by Crippen LogP contribution is 2.29. The Labute approximate surface area is 173 Å². The number of nitrogens with one attached hydrogen (secondary N) is 2. The predicted octanol–water partition coefficient (Wildman–Crippen LogP) is 1.41. The normalized spacial score (nSPS) is 16.8. The van der Waals surface area contributed by atoms with Crippen molar-refractivity contribution in [1.82, 2.24) is 30.0 Å². The van der Waals surface area contributed by atoms with Gasteiger partial charge in [-0.25, -0.2) is 14.9 Å². The number of amides is 1. The molecule has 0 bridgehead atoms. The van der Waals surface area contributed by atoms with Gasteiger partial charge in [0.25, 0.3) is 0 Å². The van der Waals surface area contributed by atoms with E-state index in [9.17, 15) is 9.59 Å². The third kappa shape index (κ3) is 4.41. The number of likely N-dealkylation sites (N-methyl/N-ethyl adjacent to an activating group) is 1. The Morgan fingerprint density at radius 2 is 2.20 bits per heavy atom. The quantitative estimate of drug-likeness (QED) is 0.597. The van der Waals surface area contributed by atoms with Gasteiger partial charge in [-0.1, -0.05) is 24.3 Å². The second kappa shape index (κ2) is 8.50. The van der Waals surface area contributed by atoms with Crippen LogP contribution in [0.25, 0.3) is 22.3 Å². The smallest absolute Gasteiger partial charge is 0.340 e. The highest BCUT2D eigenvalue weighted by molar-refractivity contribution is 5.89. The highest BCUT2D eigenvalue weighted by atomic mass is 16.5. The van der Waals surface area contributed by atoms with Crippen molar-refractivity contribution >= 4 is 16.7 Å². The Hall–Kier alpha value is -3.46. The van der Waals surface area contributed by atoms with Crippen LogP contribution in [0.15, 0.2) is 47.3 Å². The lowest BCUT2D eigenvalue weighted by Gasteiger charge is -2.17. The zero-order valence-corrected chi connectivity index (χ0v) is 17.0. The van der Waals surface area contributed by atoms with Crippen LogP contribution in [-0.4, -0.2) is 75.7 Å². The van der Waals surface area contributed by atoms with Crippen LogP contribution >= 0.6 is 0 Å². The maximum Gasteiger partial charge on any atom is 0.340 e. The topological polar surface area (TPSA) is 107 Å². The van der Waals surface area contributed by atoms with Crippen molar-refractivity contribution in [3.05, 3.63) is 53.0 Å². The van der Waals surface area contributed by atoms with Crippen LogP contribution < -0.4 is 10.4 Å². The van der Waals surface area contributed by atoms with Crippen LogP contribution in [0.5, 0.6) is 5.88 Å². The molecule has 1 aliphatic rings. The minimum absolute atomic E-state index is 0.0105. The number of likely N-dealkylation sites (tertiary alicyclic amines) is 1. The fraction of sp³-hybridized carbons (Fsp3) is 0.333. The molecule has 9 nitrogen and oxygen atoms in total. The number of rotatable bonds is 6. The van der Waals surface area contributed by atoms with Crippen LogP contribution in [-0.2, 0) is 4.79 Å². The molecule has 0 spiro atoms. The molecule has 2 aromatic heterocycles. The summed E-state index contributed by atoms with van der Waals surface area (Å²) in [7, 11) is 3.91. The van der Waals surface area contributed by atoms with E-state index < -0.39 is 5.69 Å². The standard InChI is InChI=1S/C21H24N6O3/c1-26(2)10-5-8-18(28)27-11-9-15(13-27)30-20-16-7-4-3-6-14(16)12-17(22-20)19-23-21(29)25-24-19/h3-8,12,15H,9-11,13H2,1-2H3,(H2,23,24,25,29)/t15-/m0/s1. The van der Waals surface area contributed by atoms with E-state index in [0.717, 1.165) is 23.7 Å². The fourth-order valence-corrected chi connectivity index (χ4v) is 3.42. The summed E-state index contributed by atoms with van der Waals surface area (Å²) < 4.78 is 6.21. The summed E-state index contributed by atoms with van der Waals surface area (Å²) in [5.74, 6) is 0.808. The average molecular weight is 408 g/mol. The van der Waals surface area contributed by atoms with Crippen molar-refractivity contribution in [1.29, 1.82) is 0 Å². The zero-order chi connectivity index (χ0) is 21.1. The van der Waals surface area contributed by atoms with Crippen molar-refractivity contribution in [2.75, 3.05) is 33.7 Å². The van der Waals surface area contributed by atoms with Gasteiger partial charge < -0.3 is 14.5 Å². The number of carbonyl (C=O) groups excluding carboxylic acids is 1. The van der Waals surface area contributed by atoms with Crippen molar-refractivity contribution in [2.24, 2.45) is 0 Å². The Morgan fingerprint density at radius 3 is 2.97 bits per heavy atom. The molecule has 1 aliphatic heterocycles. The van der Waals surface area contributed by atoms with Gasteiger partial charge in [0.05, 0.1) is 6.54 Å². The summed E-state index contributed by atoms with van der Waals surface area (Å²) in [5.41, 5.74) is 0.120. The molecule has 3 heterocycles. The summed E-state index contributed by atoms with van der Waals surface area (Å²) in [6.45, 7) is 1.86. The molecule has 156 valence electrons. The van der Waals surface area contributed by atoms with Crippen molar-refractivity contribution in [2.45, 2.75) is 12.5 Å². The number of aromatic amines is 2. The van der Waals surface area contributed by atoms with E-state index in [1.807, 2.05) is 55.4 Å². The number of aromatic nitrogens is 4. The van der Waals surface area contributed by atoms with Gasteiger partial charge >= 0.3 is 5.69 Å². The summed E-state index contributed by atoms with van der Waals surface area (Å²) in [5, 5.41) is 8.12. The minimum atomic E-state index is -0.394. The van der Waals surface area contributed by atoms with Gasteiger partial charge in [0, 0.05) is 31.0 Å². The average Bonchev–Trinajstić information content (AvgIpc) is 3.37. The van der Waals surface area contributed by atoms with E-state index in [0.29, 0.717) is 30.5 Å². The zero-order valence-electron chi connectivity index (χ0n) is 17.0. The van der Waals surface area contributed by atoms with E-state index >= 15 is 0 Å². The predicted molar refractivity (Wildman–Crippen MR) is 113 cm³/mol. The molecule has 2 N–H and O–H groups in total. The molecule has 3 aromatic rings. The first-order valence-corrected chi connectivity index (χ1v) is 9.81. The van der Waals surface area contributed by atoms with Gasteiger partial charge in [-0.05, 0) is 31.6 Å². The second-order valence-corrected chi connectivity index (χ2v) is 7.54. The Balaban J connectivity index is 1.53. The number of hydrogen-bond acceptors (Lipinski definition) is 6. The lowest BCUT2D eigenvalue weighted by Crippen LogP contribution is -2.29. The number of H-pyrrole nitrogens is 2. The van der Waals surface area contributed by atoms with Crippen LogP contribution in [0.2, 0.25) is 0 Å². The number of carbonyl (C=O) groups is 1. The van der Waals surface area contributed by atoms with Gasteiger partial charge in [-0.15, -0.1) is 0 Å². The third-order valence-electron chi connectivity index (χ3n) is 4.92. The minimum Gasteiger partial charge on any atom is -0.472 e. The second-order valence-electron chi connectivity index (χ2n) is 7.54. The first-order valence-electron chi connectivity index (χ1n) is 9.81. The molecular weight excluding hydrogens is 384 g/mol. The Kier molecular flexibility index (Phi) is 5.62. The third-order valence-corrected chi connectivity index (χ3v) is 4.92. The van der Waals surface area contributed by atoms with Crippen LogP contribution in [0.3, 0.4) is 0 Å². The van der Waals surface area contributed by atoms with Gasteiger partial charge in [0.15, 0.2) is 5.82 Å². The number of fused-ring (bicyclic) bond motifs is 1. The number of nitrogens with zero attached hydrogens (tertiary/aromatic N) is 4. The molecule has 1 amide bonds. The Morgan fingerprint density at radius 1 is 1.37 bits per heavy atom. The molecule has 30 heavy (non-hydrogen) atoms. The summed E-state index contributed by atoms with van der Waals surface area (Å²) >= 11 is 0. The Bertz CT molecular complexity index is 1130. The molecular formula is C21H24N6O3. The molecule has 0 unspecified atom stereocenters. The molecule has 0 saturated carbocycles.